The molecule has 0 spiro atoms. The van der Waals surface area contributed by atoms with Crippen molar-refractivity contribution in [1.29, 1.82) is 0 Å². The summed E-state index contributed by atoms with van der Waals surface area (Å²) in [4.78, 5) is 16.4. The second-order valence-corrected chi connectivity index (χ2v) is 3.17. The van der Waals surface area contributed by atoms with Crippen molar-refractivity contribution >= 4 is 7.82 Å². The van der Waals surface area contributed by atoms with Crippen molar-refractivity contribution < 1.29 is 24.0 Å². The number of phosphoric acid groups is 1. The Kier molecular flexibility index (Phi) is 4.83. The Bertz CT molecular complexity index is 145. The zero-order valence-electron chi connectivity index (χ0n) is 5.88. The third-order valence-corrected chi connectivity index (χ3v) is 1.43. The Hall–Kier alpha value is 0.0300. The fourth-order valence-corrected chi connectivity index (χ4v) is 0.926. The molecule has 68 valence electrons. The highest BCUT2D eigenvalue weighted by molar-refractivity contribution is 7.46. The van der Waals surface area contributed by atoms with Gasteiger partial charge in [0, 0.05) is 0 Å². The van der Waals surface area contributed by atoms with Crippen molar-refractivity contribution in [3.63, 3.8) is 0 Å². The van der Waals surface area contributed by atoms with Crippen LogP contribution in [0.5, 0.6) is 0 Å². The van der Waals surface area contributed by atoms with E-state index in [2.05, 4.69) is 4.52 Å². The summed E-state index contributed by atoms with van der Waals surface area (Å²) >= 11 is 0. The molecule has 6 nitrogen and oxygen atoms in total. The summed E-state index contributed by atoms with van der Waals surface area (Å²) in [5.74, 6) is 0. The van der Waals surface area contributed by atoms with Crippen molar-refractivity contribution in [2.45, 2.75) is 19.1 Å². The van der Waals surface area contributed by atoms with Crippen LogP contribution in [0.2, 0.25) is 0 Å². The number of nitrogens with two attached hydrogens (primary N) is 1. The largest absolute Gasteiger partial charge is 0.471 e. The number of rotatable bonds is 5. The van der Waals surface area contributed by atoms with Gasteiger partial charge in [-0.25, -0.2) is 4.57 Å². The minimum Gasteiger partial charge on any atom is -0.367 e. The number of hydrogen-bond acceptors (Lipinski definition) is 4. The highest BCUT2D eigenvalue weighted by Gasteiger charge is 2.19. The van der Waals surface area contributed by atoms with Gasteiger partial charge in [-0.2, -0.15) is 0 Å². The molecular weight excluding hydrogens is 173 g/mol. The van der Waals surface area contributed by atoms with Crippen LogP contribution in [0.3, 0.4) is 0 Å². The smallest absolute Gasteiger partial charge is 0.367 e. The molecule has 0 saturated carbocycles. The molecule has 0 aromatic rings. The molecule has 11 heavy (non-hydrogen) atoms. The Labute approximate surface area is 64.2 Å². The zero-order valence-corrected chi connectivity index (χ0v) is 6.78. The maximum atomic E-state index is 10.1. The maximum absolute atomic E-state index is 10.1. The first-order valence-electron chi connectivity index (χ1n) is 3.08. The summed E-state index contributed by atoms with van der Waals surface area (Å²) in [6.45, 7) is 0.349. The first kappa shape index (κ1) is 11.0. The summed E-state index contributed by atoms with van der Waals surface area (Å²) in [7, 11) is -4.55. The van der Waals surface area contributed by atoms with Gasteiger partial charge >= 0.3 is 7.82 Å². The van der Waals surface area contributed by atoms with E-state index in [1.54, 1.807) is 0 Å². The summed E-state index contributed by atoms with van der Waals surface area (Å²) < 4.78 is 14.0. The minimum absolute atomic E-state index is 0.127. The molecule has 5 N–H and O–H groups in total. The average Bonchev–Trinajstić information content (AvgIpc) is 1.79. The van der Waals surface area contributed by atoms with E-state index in [0.29, 0.717) is 13.0 Å². The molecule has 0 aliphatic heterocycles. The Morgan fingerprint density at radius 2 is 2.09 bits per heavy atom. The van der Waals surface area contributed by atoms with Crippen LogP contribution in [0.1, 0.15) is 12.8 Å². The third kappa shape index (κ3) is 7.93. The van der Waals surface area contributed by atoms with Crippen molar-refractivity contribution in [2.24, 2.45) is 5.73 Å². The van der Waals surface area contributed by atoms with Gasteiger partial charge in [-0.15, -0.1) is 0 Å². The third-order valence-electron chi connectivity index (χ3n) is 0.914. The molecule has 0 aliphatic rings. The molecule has 0 bridgehead atoms. The van der Waals surface area contributed by atoms with Gasteiger partial charge in [0.1, 0.15) is 0 Å². The summed E-state index contributed by atoms with van der Waals surface area (Å²) in [5.41, 5.74) is 5.08. The Morgan fingerprint density at radius 3 is 2.45 bits per heavy atom. The van der Waals surface area contributed by atoms with Crippen LogP contribution in [0.15, 0.2) is 0 Å². The standard InChI is InChI=1S/C4H12NO5P/c5-3-1-2-4(6)10-11(7,8)9/h4,6H,1-3,5H2,(H2,7,8,9). The monoisotopic (exact) mass is 185 g/mol. The van der Waals surface area contributed by atoms with E-state index in [0.717, 1.165) is 0 Å². The summed E-state index contributed by atoms with van der Waals surface area (Å²) in [6.07, 6.45) is -0.845. The lowest BCUT2D eigenvalue weighted by atomic mass is 10.3. The lowest BCUT2D eigenvalue weighted by Crippen LogP contribution is -2.12. The van der Waals surface area contributed by atoms with Gasteiger partial charge in [-0.05, 0) is 19.4 Å². The predicted molar refractivity (Wildman–Crippen MR) is 37.4 cm³/mol. The summed E-state index contributed by atoms with van der Waals surface area (Å²) in [5, 5.41) is 8.75. The lowest BCUT2D eigenvalue weighted by Gasteiger charge is -2.10. The first-order chi connectivity index (χ1) is 4.95. The second-order valence-electron chi connectivity index (χ2n) is 1.98. The van der Waals surface area contributed by atoms with Crippen molar-refractivity contribution in [3.8, 4) is 0 Å². The van der Waals surface area contributed by atoms with E-state index < -0.39 is 14.1 Å². The van der Waals surface area contributed by atoms with Crippen LogP contribution in [0.4, 0.5) is 0 Å². The molecule has 0 aliphatic carbocycles. The average molecular weight is 185 g/mol. The maximum Gasteiger partial charge on any atom is 0.471 e. The van der Waals surface area contributed by atoms with E-state index in [1.165, 1.54) is 0 Å². The predicted octanol–water partition coefficient (Wildman–Crippen LogP) is -0.847. The van der Waals surface area contributed by atoms with Crippen molar-refractivity contribution in [3.05, 3.63) is 0 Å². The van der Waals surface area contributed by atoms with Crippen LogP contribution in [-0.4, -0.2) is 27.7 Å². The highest BCUT2D eigenvalue weighted by atomic mass is 31.2. The van der Waals surface area contributed by atoms with Gasteiger partial charge in [0.2, 0.25) is 0 Å². The van der Waals surface area contributed by atoms with Crippen LogP contribution >= 0.6 is 7.82 Å². The van der Waals surface area contributed by atoms with Gasteiger partial charge in [-0.1, -0.05) is 0 Å². The second kappa shape index (κ2) is 4.82. The molecular formula is C4H12NO5P. The zero-order chi connectivity index (χ0) is 8.91. The van der Waals surface area contributed by atoms with Crippen LogP contribution in [0.25, 0.3) is 0 Å². The number of hydrogen-bond donors (Lipinski definition) is 4. The molecule has 7 heteroatoms. The van der Waals surface area contributed by atoms with Gasteiger partial charge in [0.05, 0.1) is 0 Å². The van der Waals surface area contributed by atoms with Crippen LogP contribution < -0.4 is 5.73 Å². The SMILES string of the molecule is NCCCC(O)OP(=O)(O)O. The Morgan fingerprint density at radius 1 is 1.55 bits per heavy atom. The molecule has 0 saturated heterocycles. The minimum atomic E-state index is -4.55. The van der Waals surface area contributed by atoms with Gasteiger partial charge in [-0.3, -0.25) is 4.52 Å². The first-order valence-corrected chi connectivity index (χ1v) is 4.61. The topological polar surface area (TPSA) is 113 Å². The van der Waals surface area contributed by atoms with E-state index in [9.17, 15) is 4.57 Å². The number of aliphatic hydroxyl groups excluding tert-OH is 1. The summed E-state index contributed by atoms with van der Waals surface area (Å²) in [6, 6.07) is 0. The fourth-order valence-electron chi connectivity index (χ4n) is 0.504. The van der Waals surface area contributed by atoms with Gasteiger partial charge < -0.3 is 20.6 Å². The fraction of sp³-hybridized carbons (Fsp3) is 1.00. The van der Waals surface area contributed by atoms with Gasteiger partial charge in [0.25, 0.3) is 0 Å². The molecule has 0 radical (unpaired) electrons. The van der Waals surface area contributed by atoms with Crippen LogP contribution in [-0.2, 0) is 9.09 Å². The molecule has 0 rings (SSSR count). The molecule has 0 heterocycles. The van der Waals surface area contributed by atoms with E-state index in [1.807, 2.05) is 0 Å². The molecule has 0 fully saturated rings. The molecule has 0 amide bonds. The van der Waals surface area contributed by atoms with E-state index in [4.69, 9.17) is 20.6 Å². The van der Waals surface area contributed by atoms with Crippen molar-refractivity contribution in [1.82, 2.24) is 0 Å². The molecule has 0 aromatic heterocycles. The number of phosphoric ester groups is 1. The van der Waals surface area contributed by atoms with Crippen LogP contribution in [0, 0.1) is 0 Å². The Balaban J connectivity index is 3.52. The normalized spacial score (nSPS) is 14.9. The molecule has 0 aromatic carbocycles. The van der Waals surface area contributed by atoms with E-state index >= 15 is 0 Å². The molecule has 1 atom stereocenters. The quantitative estimate of drug-likeness (QED) is 0.328. The molecule has 1 unspecified atom stereocenters. The lowest BCUT2D eigenvalue weighted by molar-refractivity contribution is -0.0419. The number of aliphatic hydroxyl groups is 1. The van der Waals surface area contributed by atoms with Crippen molar-refractivity contribution in [2.75, 3.05) is 6.54 Å². The highest BCUT2D eigenvalue weighted by Crippen LogP contribution is 2.37. The van der Waals surface area contributed by atoms with E-state index in [-0.39, 0.29) is 6.42 Å². The van der Waals surface area contributed by atoms with Gasteiger partial charge in [0.15, 0.2) is 6.29 Å².